The van der Waals surface area contributed by atoms with E-state index in [1.165, 1.54) is 13.2 Å². The summed E-state index contributed by atoms with van der Waals surface area (Å²) in [5.74, 6) is -0.663. The van der Waals surface area contributed by atoms with Gasteiger partial charge in [0.05, 0.1) is 12.7 Å². The van der Waals surface area contributed by atoms with E-state index in [1.807, 2.05) is 13.8 Å². The molecule has 2 amide bonds. The number of hydrogen-bond donors (Lipinski definition) is 1. The summed E-state index contributed by atoms with van der Waals surface area (Å²) < 4.78 is 4.64. The normalized spacial score (nSPS) is 17.9. The Morgan fingerprint density at radius 1 is 1.29 bits per heavy atom. The second kappa shape index (κ2) is 7.77. The van der Waals surface area contributed by atoms with Crippen molar-refractivity contribution in [1.29, 1.82) is 0 Å². The third kappa shape index (κ3) is 4.01. The van der Waals surface area contributed by atoms with Crippen LogP contribution in [0.1, 0.15) is 29.8 Å². The Morgan fingerprint density at radius 2 is 1.96 bits per heavy atom. The molecule has 0 aliphatic carbocycles. The molecule has 128 valence electrons. The van der Waals surface area contributed by atoms with E-state index in [4.69, 9.17) is 0 Å². The molecule has 1 aliphatic rings. The summed E-state index contributed by atoms with van der Waals surface area (Å²) in [5.41, 5.74) is 1.24. The third-order valence-corrected chi connectivity index (χ3v) is 3.92. The Balaban J connectivity index is 2.08. The number of carbonyl (C=O) groups excluding carboxylic acids is 3. The average molecular weight is 330 g/mol. The van der Waals surface area contributed by atoms with Crippen molar-refractivity contribution in [3.8, 4) is 0 Å². The highest BCUT2D eigenvalue weighted by Gasteiger charge is 2.34. The van der Waals surface area contributed by atoms with Crippen LogP contribution in [0.3, 0.4) is 0 Å². The van der Waals surface area contributed by atoms with Crippen LogP contribution >= 0.6 is 0 Å². The average Bonchev–Trinajstić information content (AvgIpc) is 2.58. The van der Waals surface area contributed by atoms with Crippen LogP contribution in [0.4, 0.5) is 0 Å². The maximum Gasteiger partial charge on any atom is 0.337 e. The SMILES string of the molecule is COC(=O)c1ccc(C=CC(=O)N2CCNC(=O)C2C(C)C)cc1. The third-order valence-electron chi connectivity index (χ3n) is 3.92. The number of hydrogen-bond acceptors (Lipinski definition) is 4. The van der Waals surface area contributed by atoms with Crippen molar-refractivity contribution in [2.75, 3.05) is 20.2 Å². The van der Waals surface area contributed by atoms with Crippen molar-refractivity contribution in [3.05, 3.63) is 41.5 Å². The number of nitrogens with zero attached hydrogens (tertiary/aromatic N) is 1. The molecular weight excluding hydrogens is 308 g/mol. The standard InChI is InChI=1S/C18H22N2O4/c1-12(2)16-17(22)19-10-11-20(16)15(21)9-6-13-4-7-14(8-5-13)18(23)24-3/h4-9,12,16H,10-11H2,1-3H3,(H,19,22). The van der Waals surface area contributed by atoms with E-state index < -0.39 is 12.0 Å². The number of piperazine rings is 1. The van der Waals surface area contributed by atoms with E-state index in [1.54, 1.807) is 35.2 Å². The zero-order valence-electron chi connectivity index (χ0n) is 14.1. The Hall–Kier alpha value is -2.63. The molecule has 0 bridgehead atoms. The lowest BCUT2D eigenvalue weighted by atomic mass is 9.99. The molecule has 6 heteroatoms. The fraction of sp³-hybridized carbons (Fsp3) is 0.389. The first kappa shape index (κ1) is 17.7. The second-order valence-electron chi connectivity index (χ2n) is 5.96. The molecule has 1 unspecified atom stereocenters. The van der Waals surface area contributed by atoms with E-state index in [0.717, 1.165) is 5.56 Å². The summed E-state index contributed by atoms with van der Waals surface area (Å²) in [6.07, 6.45) is 3.13. The summed E-state index contributed by atoms with van der Waals surface area (Å²) in [5, 5.41) is 2.79. The van der Waals surface area contributed by atoms with Gasteiger partial charge in [-0.1, -0.05) is 26.0 Å². The predicted molar refractivity (Wildman–Crippen MR) is 90.2 cm³/mol. The second-order valence-corrected chi connectivity index (χ2v) is 5.96. The first-order valence-corrected chi connectivity index (χ1v) is 7.89. The first-order chi connectivity index (χ1) is 11.4. The van der Waals surface area contributed by atoms with Gasteiger partial charge in [0.2, 0.25) is 11.8 Å². The molecule has 0 aromatic heterocycles. The summed E-state index contributed by atoms with van der Waals surface area (Å²) >= 11 is 0. The lowest BCUT2D eigenvalue weighted by molar-refractivity contribution is -0.141. The van der Waals surface area contributed by atoms with Crippen LogP contribution in [0.2, 0.25) is 0 Å². The fourth-order valence-corrected chi connectivity index (χ4v) is 2.71. The van der Waals surface area contributed by atoms with Crippen LogP contribution < -0.4 is 5.32 Å². The van der Waals surface area contributed by atoms with Crippen molar-refractivity contribution >= 4 is 23.9 Å². The summed E-state index contributed by atoms with van der Waals surface area (Å²) in [6, 6.07) is 6.30. The highest BCUT2D eigenvalue weighted by atomic mass is 16.5. The van der Waals surface area contributed by atoms with Crippen molar-refractivity contribution in [1.82, 2.24) is 10.2 Å². The zero-order chi connectivity index (χ0) is 17.7. The topological polar surface area (TPSA) is 75.7 Å². The van der Waals surface area contributed by atoms with Crippen LogP contribution in [-0.4, -0.2) is 48.9 Å². The van der Waals surface area contributed by atoms with E-state index in [-0.39, 0.29) is 17.7 Å². The summed E-state index contributed by atoms with van der Waals surface area (Å²) in [7, 11) is 1.33. The van der Waals surface area contributed by atoms with Crippen molar-refractivity contribution < 1.29 is 19.1 Å². The van der Waals surface area contributed by atoms with Gasteiger partial charge in [-0.2, -0.15) is 0 Å². The molecule has 1 atom stereocenters. The molecular formula is C18H22N2O4. The number of amides is 2. The summed E-state index contributed by atoms with van der Waals surface area (Å²) in [4.78, 5) is 37.4. The van der Waals surface area contributed by atoms with E-state index >= 15 is 0 Å². The number of nitrogens with one attached hydrogen (secondary N) is 1. The highest BCUT2D eigenvalue weighted by Crippen LogP contribution is 2.15. The number of methoxy groups -OCH3 is 1. The number of rotatable bonds is 4. The van der Waals surface area contributed by atoms with Crippen LogP contribution in [-0.2, 0) is 14.3 Å². The molecule has 1 heterocycles. The quantitative estimate of drug-likeness (QED) is 0.670. The van der Waals surface area contributed by atoms with Gasteiger partial charge in [0.1, 0.15) is 6.04 Å². The van der Waals surface area contributed by atoms with Gasteiger partial charge in [-0.25, -0.2) is 4.79 Å². The van der Waals surface area contributed by atoms with E-state index in [2.05, 4.69) is 10.1 Å². The maximum atomic E-state index is 12.4. The van der Waals surface area contributed by atoms with Crippen molar-refractivity contribution in [2.24, 2.45) is 5.92 Å². The molecule has 1 aromatic carbocycles. The Kier molecular flexibility index (Phi) is 5.73. The van der Waals surface area contributed by atoms with Gasteiger partial charge < -0.3 is 15.0 Å². The molecule has 2 rings (SSSR count). The van der Waals surface area contributed by atoms with Crippen molar-refractivity contribution in [3.63, 3.8) is 0 Å². The molecule has 1 saturated heterocycles. The molecule has 0 spiro atoms. The highest BCUT2D eigenvalue weighted by molar-refractivity contribution is 5.96. The molecule has 0 saturated carbocycles. The van der Waals surface area contributed by atoms with Crippen LogP contribution in [0.5, 0.6) is 0 Å². The molecule has 6 nitrogen and oxygen atoms in total. The monoisotopic (exact) mass is 330 g/mol. The first-order valence-electron chi connectivity index (χ1n) is 7.89. The van der Waals surface area contributed by atoms with Gasteiger partial charge in [0.25, 0.3) is 0 Å². The predicted octanol–water partition coefficient (Wildman–Crippen LogP) is 1.47. The minimum atomic E-state index is -0.447. The molecule has 0 radical (unpaired) electrons. The molecule has 24 heavy (non-hydrogen) atoms. The Morgan fingerprint density at radius 3 is 2.54 bits per heavy atom. The largest absolute Gasteiger partial charge is 0.465 e. The van der Waals surface area contributed by atoms with Gasteiger partial charge in [0, 0.05) is 19.2 Å². The van der Waals surface area contributed by atoms with E-state index in [9.17, 15) is 14.4 Å². The lowest BCUT2D eigenvalue weighted by Crippen LogP contribution is -2.58. The molecule has 1 fully saturated rings. The lowest BCUT2D eigenvalue weighted by Gasteiger charge is -2.36. The minimum Gasteiger partial charge on any atom is -0.465 e. The number of benzene rings is 1. The van der Waals surface area contributed by atoms with Crippen molar-refractivity contribution in [2.45, 2.75) is 19.9 Å². The fourth-order valence-electron chi connectivity index (χ4n) is 2.71. The van der Waals surface area contributed by atoms with Crippen LogP contribution in [0, 0.1) is 5.92 Å². The van der Waals surface area contributed by atoms with E-state index in [0.29, 0.717) is 18.7 Å². The van der Waals surface area contributed by atoms with Gasteiger partial charge in [-0.15, -0.1) is 0 Å². The van der Waals surface area contributed by atoms with Gasteiger partial charge >= 0.3 is 5.97 Å². The van der Waals surface area contributed by atoms with Gasteiger partial charge in [-0.3, -0.25) is 9.59 Å². The molecule has 1 aliphatic heterocycles. The zero-order valence-corrected chi connectivity index (χ0v) is 14.1. The number of ether oxygens (including phenoxy) is 1. The number of esters is 1. The van der Waals surface area contributed by atoms with Crippen LogP contribution in [0.15, 0.2) is 30.3 Å². The summed E-state index contributed by atoms with van der Waals surface area (Å²) in [6.45, 7) is 4.81. The maximum absolute atomic E-state index is 12.4. The van der Waals surface area contributed by atoms with Crippen LogP contribution in [0.25, 0.3) is 6.08 Å². The number of carbonyl (C=O) groups is 3. The Bertz CT molecular complexity index is 649. The minimum absolute atomic E-state index is 0.0435. The Labute approximate surface area is 141 Å². The molecule has 1 aromatic rings. The van der Waals surface area contributed by atoms with Gasteiger partial charge in [-0.05, 0) is 29.7 Å². The van der Waals surface area contributed by atoms with Gasteiger partial charge in [0.15, 0.2) is 0 Å². The smallest absolute Gasteiger partial charge is 0.337 e. The molecule has 1 N–H and O–H groups in total.